The Morgan fingerprint density at radius 3 is 2.69 bits per heavy atom. The summed E-state index contributed by atoms with van der Waals surface area (Å²) >= 11 is 0.911. The van der Waals surface area contributed by atoms with Crippen molar-refractivity contribution in [2.45, 2.75) is 26.1 Å². The second-order valence-corrected chi connectivity index (χ2v) is 6.35. The van der Waals surface area contributed by atoms with Crippen LogP contribution in [0.2, 0.25) is 0 Å². The molecule has 1 aromatic heterocycles. The van der Waals surface area contributed by atoms with Crippen molar-refractivity contribution < 1.29 is 22.7 Å². The predicted octanol–water partition coefficient (Wildman–Crippen LogP) is 1.71. The molecule has 1 rings (SSSR count). The number of rotatable bonds is 9. The van der Waals surface area contributed by atoms with Crippen molar-refractivity contribution >= 4 is 23.2 Å². The van der Waals surface area contributed by atoms with Gasteiger partial charge in [0.15, 0.2) is 11.7 Å². The molecule has 1 heterocycles. The minimum atomic E-state index is -4.46. The number of hydrogen-bond acceptors (Lipinski definition) is 5. The summed E-state index contributed by atoms with van der Waals surface area (Å²) in [6.07, 6.45) is -3.73. The first-order chi connectivity index (χ1) is 12.2. The van der Waals surface area contributed by atoms with Crippen molar-refractivity contribution in [3.8, 4) is 0 Å². The fourth-order valence-corrected chi connectivity index (χ4v) is 2.41. The smallest absolute Gasteiger partial charge is 0.382 e. The lowest BCUT2D eigenvalue weighted by atomic mass is 10.4. The van der Waals surface area contributed by atoms with Crippen LogP contribution < -0.4 is 10.6 Å². The third-order valence-electron chi connectivity index (χ3n) is 3.08. The Balaban J connectivity index is 2.61. The summed E-state index contributed by atoms with van der Waals surface area (Å²) in [5.74, 6) is 0.148. The monoisotopic (exact) mass is 395 g/mol. The number of thiazole rings is 1. The van der Waals surface area contributed by atoms with E-state index >= 15 is 0 Å². The molecule has 26 heavy (non-hydrogen) atoms. The Kier molecular flexibility index (Phi) is 9.35. The SMILES string of the molecule is CCOCCCNC(=NCC(=O)N(C)C)NCc1nc(C(F)(F)F)cs1. The largest absolute Gasteiger partial charge is 0.434 e. The van der Waals surface area contributed by atoms with Gasteiger partial charge in [-0.25, -0.2) is 9.98 Å². The number of aliphatic imine (C=N–C) groups is 1. The molecule has 1 aromatic rings. The fraction of sp³-hybridized carbons (Fsp3) is 0.667. The zero-order valence-corrected chi connectivity index (χ0v) is 15.8. The van der Waals surface area contributed by atoms with Crippen molar-refractivity contribution in [1.29, 1.82) is 0 Å². The van der Waals surface area contributed by atoms with Crippen LogP contribution in [-0.4, -0.2) is 62.1 Å². The van der Waals surface area contributed by atoms with Crippen molar-refractivity contribution in [3.63, 3.8) is 0 Å². The maximum absolute atomic E-state index is 12.6. The highest BCUT2D eigenvalue weighted by molar-refractivity contribution is 7.09. The molecule has 0 radical (unpaired) electrons. The van der Waals surface area contributed by atoms with Gasteiger partial charge < -0.3 is 20.3 Å². The highest BCUT2D eigenvalue weighted by atomic mass is 32.1. The van der Waals surface area contributed by atoms with Crippen LogP contribution in [0.3, 0.4) is 0 Å². The van der Waals surface area contributed by atoms with Gasteiger partial charge >= 0.3 is 6.18 Å². The van der Waals surface area contributed by atoms with Crippen molar-refractivity contribution in [2.24, 2.45) is 4.99 Å². The molecular weight excluding hydrogens is 371 g/mol. The maximum atomic E-state index is 12.6. The van der Waals surface area contributed by atoms with Crippen LogP contribution >= 0.6 is 11.3 Å². The Labute approximate surface area is 154 Å². The molecular formula is C15H24F3N5O2S. The summed E-state index contributed by atoms with van der Waals surface area (Å²) in [6.45, 7) is 3.66. The molecule has 0 atom stereocenters. The fourth-order valence-electron chi connectivity index (χ4n) is 1.67. The molecule has 0 saturated carbocycles. The predicted molar refractivity (Wildman–Crippen MR) is 94.1 cm³/mol. The summed E-state index contributed by atoms with van der Waals surface area (Å²) in [4.78, 5) is 20.8. The zero-order chi connectivity index (χ0) is 19.6. The lowest BCUT2D eigenvalue weighted by Gasteiger charge is -2.13. The highest BCUT2D eigenvalue weighted by Gasteiger charge is 2.33. The van der Waals surface area contributed by atoms with E-state index < -0.39 is 11.9 Å². The molecule has 0 bridgehead atoms. The molecule has 0 aliphatic rings. The average molecular weight is 395 g/mol. The van der Waals surface area contributed by atoms with Crippen LogP contribution in [0.4, 0.5) is 13.2 Å². The summed E-state index contributed by atoms with van der Waals surface area (Å²) in [5, 5.41) is 7.17. The van der Waals surface area contributed by atoms with Crippen LogP contribution in [0, 0.1) is 0 Å². The summed E-state index contributed by atoms with van der Waals surface area (Å²) in [7, 11) is 3.24. The van der Waals surface area contributed by atoms with Crippen LogP contribution in [0.5, 0.6) is 0 Å². The van der Waals surface area contributed by atoms with Crippen LogP contribution in [-0.2, 0) is 22.3 Å². The van der Waals surface area contributed by atoms with Crippen LogP contribution in [0.15, 0.2) is 10.4 Å². The first kappa shape index (κ1) is 22.2. The standard InChI is InChI=1S/C15H24F3N5O2S/c1-4-25-7-5-6-19-14(21-9-13(24)23(2)3)20-8-12-22-11(10-26-12)15(16,17)18/h10H,4-9H2,1-3H3,(H2,19,20,21). The van der Waals surface area contributed by atoms with Gasteiger partial charge in [0.2, 0.25) is 5.91 Å². The number of aromatic nitrogens is 1. The number of ether oxygens (including phenoxy) is 1. The lowest BCUT2D eigenvalue weighted by molar-refractivity contribution is -0.140. The van der Waals surface area contributed by atoms with Crippen molar-refractivity contribution in [1.82, 2.24) is 20.5 Å². The van der Waals surface area contributed by atoms with Gasteiger partial charge in [-0.2, -0.15) is 13.2 Å². The molecule has 0 fully saturated rings. The summed E-state index contributed by atoms with van der Waals surface area (Å²) < 4.78 is 43.0. The molecule has 2 N–H and O–H groups in total. The van der Waals surface area contributed by atoms with E-state index in [0.717, 1.165) is 23.1 Å². The molecule has 0 saturated heterocycles. The van der Waals surface area contributed by atoms with Crippen molar-refractivity contribution in [3.05, 3.63) is 16.1 Å². The summed E-state index contributed by atoms with van der Waals surface area (Å²) in [6, 6.07) is 0. The molecule has 11 heteroatoms. The Bertz CT molecular complexity index is 590. The normalized spacial score (nSPS) is 12.2. The Hall–Kier alpha value is -1.88. The van der Waals surface area contributed by atoms with E-state index in [1.165, 1.54) is 4.90 Å². The molecule has 0 aromatic carbocycles. The van der Waals surface area contributed by atoms with Gasteiger partial charge in [-0.05, 0) is 13.3 Å². The van der Waals surface area contributed by atoms with Gasteiger partial charge in [0, 0.05) is 39.2 Å². The maximum Gasteiger partial charge on any atom is 0.434 e. The molecule has 0 aliphatic carbocycles. The molecule has 148 valence electrons. The number of carbonyl (C=O) groups is 1. The third-order valence-corrected chi connectivity index (χ3v) is 3.93. The van der Waals surface area contributed by atoms with E-state index in [0.29, 0.717) is 25.7 Å². The first-order valence-electron chi connectivity index (χ1n) is 8.05. The van der Waals surface area contributed by atoms with Gasteiger partial charge in [-0.3, -0.25) is 4.79 Å². The molecule has 0 unspecified atom stereocenters. The highest BCUT2D eigenvalue weighted by Crippen LogP contribution is 2.29. The van der Waals surface area contributed by atoms with Gasteiger partial charge in [0.05, 0.1) is 6.54 Å². The molecule has 0 spiro atoms. The number of amides is 1. The average Bonchev–Trinajstić information content (AvgIpc) is 3.05. The number of hydrogen-bond donors (Lipinski definition) is 2. The number of guanidine groups is 1. The Morgan fingerprint density at radius 2 is 2.12 bits per heavy atom. The lowest BCUT2D eigenvalue weighted by Crippen LogP contribution is -2.39. The van der Waals surface area contributed by atoms with E-state index in [2.05, 4.69) is 20.6 Å². The molecule has 7 nitrogen and oxygen atoms in total. The van der Waals surface area contributed by atoms with Crippen LogP contribution in [0.1, 0.15) is 24.0 Å². The van der Waals surface area contributed by atoms with E-state index in [4.69, 9.17) is 4.74 Å². The third kappa shape index (κ3) is 8.48. The van der Waals surface area contributed by atoms with E-state index in [-0.39, 0.29) is 24.0 Å². The van der Waals surface area contributed by atoms with Crippen molar-refractivity contribution in [2.75, 3.05) is 40.4 Å². The second kappa shape index (κ2) is 11.0. The number of carbonyl (C=O) groups excluding carboxylic acids is 1. The topological polar surface area (TPSA) is 78.8 Å². The van der Waals surface area contributed by atoms with Gasteiger partial charge in [-0.1, -0.05) is 0 Å². The van der Waals surface area contributed by atoms with Crippen LogP contribution in [0.25, 0.3) is 0 Å². The zero-order valence-electron chi connectivity index (χ0n) is 15.0. The minimum absolute atomic E-state index is 0.0700. The van der Waals surface area contributed by atoms with E-state index in [1.54, 1.807) is 14.1 Å². The minimum Gasteiger partial charge on any atom is -0.382 e. The second-order valence-electron chi connectivity index (χ2n) is 5.41. The van der Waals surface area contributed by atoms with Gasteiger partial charge in [0.25, 0.3) is 0 Å². The number of likely N-dealkylation sites (N-methyl/N-ethyl adjacent to an activating group) is 1. The molecule has 0 aliphatic heterocycles. The van der Waals surface area contributed by atoms with E-state index in [1.807, 2.05) is 6.92 Å². The number of halogens is 3. The van der Waals surface area contributed by atoms with E-state index in [9.17, 15) is 18.0 Å². The molecule has 1 amide bonds. The number of nitrogens with zero attached hydrogens (tertiary/aromatic N) is 3. The Morgan fingerprint density at radius 1 is 1.38 bits per heavy atom. The number of nitrogens with one attached hydrogen (secondary N) is 2. The van der Waals surface area contributed by atoms with Gasteiger partial charge in [-0.15, -0.1) is 11.3 Å². The van der Waals surface area contributed by atoms with Gasteiger partial charge in [0.1, 0.15) is 11.6 Å². The first-order valence-corrected chi connectivity index (χ1v) is 8.93. The number of alkyl halides is 3. The summed E-state index contributed by atoms with van der Waals surface area (Å²) in [5.41, 5.74) is -0.912. The quantitative estimate of drug-likeness (QED) is 0.378.